The van der Waals surface area contributed by atoms with Crippen molar-refractivity contribution in [1.82, 2.24) is 5.43 Å². The normalized spacial score (nSPS) is 33.5. The summed E-state index contributed by atoms with van der Waals surface area (Å²) in [5.74, 6) is 0.188. The molecule has 5 rings (SSSR count). The average Bonchev–Trinajstić information content (AvgIpc) is 2.55. The molecule has 0 saturated heterocycles. The van der Waals surface area contributed by atoms with Crippen molar-refractivity contribution >= 4 is 11.6 Å². The van der Waals surface area contributed by atoms with Gasteiger partial charge in [0.05, 0.1) is 0 Å². The molecule has 0 unspecified atom stereocenters. The fraction of sp³-hybridized carbons (Fsp3) is 0.579. The van der Waals surface area contributed by atoms with Crippen LogP contribution in [0.1, 0.15) is 55.8 Å². The first-order valence-corrected chi connectivity index (χ1v) is 8.96. The van der Waals surface area contributed by atoms with Gasteiger partial charge >= 0.3 is 0 Å². The molecule has 0 aromatic heterocycles. The molecule has 1 aromatic rings. The highest BCUT2D eigenvalue weighted by Crippen LogP contribution is 2.60. The van der Waals surface area contributed by atoms with Gasteiger partial charge in [0.1, 0.15) is 0 Å². The smallest absolute Gasteiger partial charge is 0.271 e. The number of phenols is 3. The number of nitrogens with zero attached hydrogens (tertiary/aromatic N) is 1. The molecule has 0 radical (unpaired) electrons. The predicted molar refractivity (Wildman–Crippen MR) is 92.6 cm³/mol. The third-order valence-corrected chi connectivity index (χ3v) is 6.46. The first kappa shape index (κ1) is 16.2. The van der Waals surface area contributed by atoms with Gasteiger partial charge in [0.15, 0.2) is 17.2 Å². The van der Waals surface area contributed by atoms with Crippen molar-refractivity contribution in [3.8, 4) is 17.2 Å². The van der Waals surface area contributed by atoms with Crippen LogP contribution in [0.3, 0.4) is 0 Å². The lowest BCUT2D eigenvalue weighted by Crippen LogP contribution is -2.49. The van der Waals surface area contributed by atoms with Crippen molar-refractivity contribution in [3.63, 3.8) is 0 Å². The lowest BCUT2D eigenvalue weighted by molar-refractivity contribution is -0.0128. The molecule has 4 saturated carbocycles. The van der Waals surface area contributed by atoms with E-state index in [-0.39, 0.29) is 11.0 Å². The second-order valence-corrected chi connectivity index (χ2v) is 8.20. The van der Waals surface area contributed by atoms with E-state index < -0.39 is 23.2 Å². The monoisotopic (exact) mass is 344 g/mol. The van der Waals surface area contributed by atoms with Crippen LogP contribution in [0, 0.1) is 23.2 Å². The number of aromatic hydroxyl groups is 3. The summed E-state index contributed by atoms with van der Waals surface area (Å²) in [5, 5.41) is 32.8. The number of hydrazone groups is 1. The van der Waals surface area contributed by atoms with Crippen LogP contribution in [0.5, 0.6) is 17.2 Å². The average molecular weight is 344 g/mol. The molecule has 4 aliphatic carbocycles. The summed E-state index contributed by atoms with van der Waals surface area (Å²) in [6.45, 7) is 2.00. The van der Waals surface area contributed by atoms with Crippen LogP contribution >= 0.6 is 0 Å². The summed E-state index contributed by atoms with van der Waals surface area (Å²) in [5.41, 5.74) is 3.70. The topological polar surface area (TPSA) is 102 Å². The molecule has 1 aromatic carbocycles. The lowest BCUT2D eigenvalue weighted by atomic mass is 9.48. The van der Waals surface area contributed by atoms with E-state index in [0.29, 0.717) is 0 Å². The molecule has 0 atom stereocenters. The van der Waals surface area contributed by atoms with Gasteiger partial charge in [-0.05, 0) is 75.3 Å². The maximum Gasteiger partial charge on any atom is 0.271 e. The maximum absolute atomic E-state index is 12.3. The Hall–Kier alpha value is -2.24. The zero-order valence-electron chi connectivity index (χ0n) is 14.3. The Balaban J connectivity index is 1.51. The number of hydrogen-bond acceptors (Lipinski definition) is 5. The minimum Gasteiger partial charge on any atom is -0.504 e. The van der Waals surface area contributed by atoms with E-state index in [9.17, 15) is 20.1 Å². The number of carbonyl (C=O) groups excluding carboxylic acids is 1. The highest BCUT2D eigenvalue weighted by Gasteiger charge is 2.52. The Kier molecular flexibility index (Phi) is 3.67. The summed E-state index contributed by atoms with van der Waals surface area (Å²) in [7, 11) is 0. The van der Waals surface area contributed by atoms with E-state index in [1.165, 1.54) is 38.5 Å². The van der Waals surface area contributed by atoms with Gasteiger partial charge in [-0.3, -0.25) is 4.79 Å². The van der Waals surface area contributed by atoms with Gasteiger partial charge in [0.25, 0.3) is 5.91 Å². The Morgan fingerprint density at radius 2 is 1.52 bits per heavy atom. The zero-order chi connectivity index (χ0) is 17.8. The molecule has 4 bridgehead atoms. The van der Waals surface area contributed by atoms with Gasteiger partial charge in [0.2, 0.25) is 0 Å². The molecular formula is C19H24N2O4. The van der Waals surface area contributed by atoms with E-state index in [1.807, 2.05) is 6.92 Å². The fourth-order valence-corrected chi connectivity index (χ4v) is 5.61. The third kappa shape index (κ3) is 2.73. The van der Waals surface area contributed by atoms with Crippen molar-refractivity contribution in [3.05, 3.63) is 17.7 Å². The second-order valence-electron chi connectivity index (χ2n) is 8.20. The Morgan fingerprint density at radius 1 is 1.04 bits per heavy atom. The Labute approximate surface area is 146 Å². The van der Waals surface area contributed by atoms with Crippen LogP contribution in [0.25, 0.3) is 0 Å². The molecule has 0 aliphatic heterocycles. The van der Waals surface area contributed by atoms with Crippen LogP contribution in [-0.4, -0.2) is 26.9 Å². The van der Waals surface area contributed by atoms with E-state index >= 15 is 0 Å². The molecule has 4 aliphatic rings. The number of amides is 1. The largest absolute Gasteiger partial charge is 0.504 e. The molecule has 6 nitrogen and oxygen atoms in total. The van der Waals surface area contributed by atoms with Crippen molar-refractivity contribution < 1.29 is 20.1 Å². The quantitative estimate of drug-likeness (QED) is 0.384. The van der Waals surface area contributed by atoms with Crippen molar-refractivity contribution in [2.75, 3.05) is 0 Å². The fourth-order valence-electron chi connectivity index (χ4n) is 5.61. The van der Waals surface area contributed by atoms with Gasteiger partial charge in [0, 0.05) is 16.7 Å². The van der Waals surface area contributed by atoms with Crippen molar-refractivity contribution in [2.24, 2.45) is 28.3 Å². The van der Waals surface area contributed by atoms with Gasteiger partial charge in [-0.2, -0.15) is 5.10 Å². The number of phenolic OH excluding ortho intramolecular Hbond substituents is 3. The second kappa shape index (κ2) is 5.64. The van der Waals surface area contributed by atoms with E-state index in [2.05, 4.69) is 10.5 Å². The Bertz CT molecular complexity index is 698. The molecule has 25 heavy (non-hydrogen) atoms. The van der Waals surface area contributed by atoms with Gasteiger partial charge in [-0.15, -0.1) is 0 Å². The molecule has 4 N–H and O–H groups in total. The van der Waals surface area contributed by atoms with Gasteiger partial charge in [-0.25, -0.2) is 5.43 Å². The van der Waals surface area contributed by atoms with Gasteiger partial charge < -0.3 is 15.3 Å². The highest BCUT2D eigenvalue weighted by atomic mass is 16.3. The zero-order valence-corrected chi connectivity index (χ0v) is 14.3. The number of nitrogens with one attached hydrogen (secondary N) is 1. The van der Waals surface area contributed by atoms with Crippen LogP contribution in [0.2, 0.25) is 0 Å². The summed E-state index contributed by atoms with van der Waals surface area (Å²) in [6.07, 6.45) is 7.57. The molecule has 4 fully saturated rings. The van der Waals surface area contributed by atoms with Crippen molar-refractivity contribution in [1.29, 1.82) is 0 Å². The molecule has 0 heterocycles. The minimum atomic E-state index is -0.634. The predicted octanol–water partition coefficient (Wildman–Crippen LogP) is 3.13. The first-order chi connectivity index (χ1) is 11.9. The van der Waals surface area contributed by atoms with Crippen LogP contribution in [0.15, 0.2) is 17.2 Å². The summed E-state index contributed by atoms with van der Waals surface area (Å²) < 4.78 is 0. The van der Waals surface area contributed by atoms with Crippen LogP contribution in [0.4, 0.5) is 0 Å². The molecule has 6 heteroatoms. The maximum atomic E-state index is 12.3. The standard InChI is InChI=1S/C19H24N2O4/c1-10(19-7-11-2-12(8-19)4-13(3-11)9-19)20-21-18(25)14-5-15(22)17(24)16(23)6-14/h5-6,11-13,22-24H,2-4,7-9H2,1H3,(H,21,25). The number of hydrogen-bond donors (Lipinski definition) is 4. The van der Waals surface area contributed by atoms with E-state index in [0.717, 1.165) is 35.6 Å². The lowest BCUT2D eigenvalue weighted by Gasteiger charge is -2.56. The Morgan fingerprint density at radius 3 is 2.00 bits per heavy atom. The van der Waals surface area contributed by atoms with E-state index in [1.54, 1.807) is 0 Å². The summed E-state index contributed by atoms with van der Waals surface area (Å²) in [6, 6.07) is 2.22. The molecule has 134 valence electrons. The number of benzene rings is 1. The molecule has 1 amide bonds. The van der Waals surface area contributed by atoms with Gasteiger partial charge in [-0.1, -0.05) is 0 Å². The number of rotatable bonds is 3. The first-order valence-electron chi connectivity index (χ1n) is 8.96. The highest BCUT2D eigenvalue weighted by molar-refractivity contribution is 5.97. The number of carbonyl (C=O) groups is 1. The molecular weight excluding hydrogens is 320 g/mol. The summed E-state index contributed by atoms with van der Waals surface area (Å²) >= 11 is 0. The molecule has 0 spiro atoms. The third-order valence-electron chi connectivity index (χ3n) is 6.46. The minimum absolute atomic E-state index is 0.0508. The van der Waals surface area contributed by atoms with Crippen LogP contribution < -0.4 is 5.43 Å². The van der Waals surface area contributed by atoms with E-state index in [4.69, 9.17) is 0 Å². The summed E-state index contributed by atoms with van der Waals surface area (Å²) in [4.78, 5) is 12.3. The van der Waals surface area contributed by atoms with Crippen molar-refractivity contribution in [2.45, 2.75) is 45.4 Å². The SMILES string of the molecule is CC(=NNC(=O)c1cc(O)c(O)c(O)c1)C12CC3CC(CC(C3)C1)C2. The van der Waals surface area contributed by atoms with Crippen LogP contribution in [-0.2, 0) is 0 Å².